The zero-order valence-corrected chi connectivity index (χ0v) is 20.0. The maximum atomic E-state index is 10.4. The minimum absolute atomic E-state index is 0.279. The molecule has 0 atom stereocenters. The molecule has 0 saturated heterocycles. The van der Waals surface area contributed by atoms with Gasteiger partial charge in [-0.1, -0.05) is 108 Å². The molecule has 0 rings (SSSR count). The summed E-state index contributed by atoms with van der Waals surface area (Å²) in [7, 11) is 0. The minimum Gasteiger partial charge on any atom is -0.481 e. The Kier molecular flexibility index (Phi) is 24.6. The normalized spacial score (nSPS) is 12.0. The van der Waals surface area contributed by atoms with Crippen molar-refractivity contribution in [1.82, 2.24) is 0 Å². The number of hydrogen-bond donors (Lipinski definition) is 1. The van der Waals surface area contributed by atoms with Gasteiger partial charge >= 0.3 is 5.97 Å². The van der Waals surface area contributed by atoms with Crippen molar-refractivity contribution in [3.63, 3.8) is 0 Å². The van der Waals surface area contributed by atoms with Crippen molar-refractivity contribution in [2.75, 3.05) is 0 Å². The van der Waals surface area contributed by atoms with Crippen molar-refractivity contribution in [3.8, 4) is 0 Å². The highest BCUT2D eigenvalue weighted by molar-refractivity contribution is 5.66. The molecule has 0 aliphatic heterocycles. The SMILES string of the molecule is CCCCC=CCCCCCCCCCCCCC=CCCC=CCCCC(=O)O. The van der Waals surface area contributed by atoms with Crippen LogP contribution < -0.4 is 0 Å². The molecule has 0 fully saturated rings. The van der Waals surface area contributed by atoms with E-state index >= 15 is 0 Å². The zero-order valence-electron chi connectivity index (χ0n) is 20.0. The Hall–Kier alpha value is -1.31. The van der Waals surface area contributed by atoms with Crippen LogP contribution in [0.1, 0.15) is 135 Å². The molecule has 0 spiro atoms. The number of carboxylic acids is 1. The second kappa shape index (κ2) is 25.7. The van der Waals surface area contributed by atoms with Gasteiger partial charge in [0.1, 0.15) is 0 Å². The number of aliphatic carboxylic acids is 1. The molecule has 0 aliphatic rings. The van der Waals surface area contributed by atoms with E-state index in [1.54, 1.807) is 0 Å². The molecular formula is C28H50O2. The van der Waals surface area contributed by atoms with E-state index in [0.29, 0.717) is 0 Å². The van der Waals surface area contributed by atoms with E-state index in [0.717, 1.165) is 25.7 Å². The summed E-state index contributed by atoms with van der Waals surface area (Å²) in [5.41, 5.74) is 0. The highest BCUT2D eigenvalue weighted by Gasteiger charge is 1.94. The van der Waals surface area contributed by atoms with Crippen molar-refractivity contribution >= 4 is 5.97 Å². The lowest BCUT2D eigenvalue weighted by molar-refractivity contribution is -0.137. The van der Waals surface area contributed by atoms with Gasteiger partial charge in [0.05, 0.1) is 0 Å². The molecule has 0 amide bonds. The summed E-state index contributed by atoms with van der Waals surface area (Å²) in [6.07, 6.45) is 38.2. The van der Waals surface area contributed by atoms with Crippen LogP contribution in [-0.2, 0) is 4.79 Å². The first kappa shape index (κ1) is 28.7. The molecule has 1 N–H and O–H groups in total. The van der Waals surface area contributed by atoms with Gasteiger partial charge in [0.15, 0.2) is 0 Å². The highest BCUT2D eigenvalue weighted by Crippen LogP contribution is 2.12. The van der Waals surface area contributed by atoms with E-state index in [1.165, 1.54) is 96.3 Å². The average molecular weight is 419 g/mol. The van der Waals surface area contributed by atoms with Gasteiger partial charge in [0, 0.05) is 6.42 Å². The summed E-state index contributed by atoms with van der Waals surface area (Å²) >= 11 is 0. The number of hydrogen-bond acceptors (Lipinski definition) is 1. The Morgan fingerprint density at radius 1 is 0.500 bits per heavy atom. The zero-order chi connectivity index (χ0) is 22.0. The van der Waals surface area contributed by atoms with E-state index in [-0.39, 0.29) is 6.42 Å². The maximum Gasteiger partial charge on any atom is 0.303 e. The molecular weight excluding hydrogens is 368 g/mol. The second-order valence-corrected chi connectivity index (χ2v) is 8.53. The third kappa shape index (κ3) is 26.7. The van der Waals surface area contributed by atoms with Crippen molar-refractivity contribution in [1.29, 1.82) is 0 Å². The first-order chi connectivity index (χ1) is 14.8. The fourth-order valence-electron chi connectivity index (χ4n) is 3.53. The molecule has 0 unspecified atom stereocenters. The van der Waals surface area contributed by atoms with Gasteiger partial charge in [-0.05, 0) is 57.8 Å². The number of unbranched alkanes of at least 4 members (excludes halogenated alkanes) is 15. The summed E-state index contributed by atoms with van der Waals surface area (Å²) in [6, 6.07) is 0. The summed E-state index contributed by atoms with van der Waals surface area (Å²) in [6.45, 7) is 2.26. The lowest BCUT2D eigenvalue weighted by Crippen LogP contribution is -1.92. The summed E-state index contributed by atoms with van der Waals surface area (Å²) in [5, 5.41) is 8.56. The first-order valence-electron chi connectivity index (χ1n) is 12.9. The maximum absolute atomic E-state index is 10.4. The van der Waals surface area contributed by atoms with Crippen LogP contribution in [0.25, 0.3) is 0 Å². The van der Waals surface area contributed by atoms with Crippen LogP contribution in [0.4, 0.5) is 0 Å². The molecule has 0 aromatic heterocycles. The molecule has 0 radical (unpaired) electrons. The third-order valence-corrected chi connectivity index (χ3v) is 5.48. The van der Waals surface area contributed by atoms with Gasteiger partial charge in [-0.3, -0.25) is 4.79 Å². The van der Waals surface area contributed by atoms with E-state index in [4.69, 9.17) is 5.11 Å². The lowest BCUT2D eigenvalue weighted by atomic mass is 10.0. The molecule has 174 valence electrons. The van der Waals surface area contributed by atoms with Crippen LogP contribution in [0.3, 0.4) is 0 Å². The van der Waals surface area contributed by atoms with Gasteiger partial charge in [0.2, 0.25) is 0 Å². The van der Waals surface area contributed by atoms with Crippen molar-refractivity contribution in [2.24, 2.45) is 0 Å². The summed E-state index contributed by atoms with van der Waals surface area (Å²) < 4.78 is 0. The van der Waals surface area contributed by atoms with Gasteiger partial charge < -0.3 is 5.11 Å². The predicted octanol–water partition coefficient (Wildman–Crippen LogP) is 9.56. The van der Waals surface area contributed by atoms with Gasteiger partial charge in [-0.15, -0.1) is 0 Å². The molecule has 0 bridgehead atoms. The molecule has 0 heterocycles. The molecule has 30 heavy (non-hydrogen) atoms. The Balaban J connectivity index is 3.17. The fourth-order valence-corrected chi connectivity index (χ4v) is 3.53. The number of carbonyl (C=O) groups is 1. The monoisotopic (exact) mass is 418 g/mol. The van der Waals surface area contributed by atoms with Crippen LogP contribution in [0.5, 0.6) is 0 Å². The van der Waals surface area contributed by atoms with Crippen molar-refractivity contribution in [3.05, 3.63) is 36.5 Å². The van der Waals surface area contributed by atoms with E-state index < -0.39 is 5.97 Å². The Labute approximate surface area is 187 Å². The van der Waals surface area contributed by atoms with Crippen LogP contribution in [0.15, 0.2) is 36.5 Å². The molecule has 0 aliphatic carbocycles. The van der Waals surface area contributed by atoms with E-state index in [2.05, 4.69) is 43.4 Å². The first-order valence-corrected chi connectivity index (χ1v) is 12.9. The van der Waals surface area contributed by atoms with Gasteiger partial charge in [-0.25, -0.2) is 0 Å². The highest BCUT2D eigenvalue weighted by atomic mass is 16.4. The van der Waals surface area contributed by atoms with Crippen LogP contribution in [0.2, 0.25) is 0 Å². The van der Waals surface area contributed by atoms with Crippen molar-refractivity contribution < 1.29 is 9.90 Å². The molecule has 2 nitrogen and oxygen atoms in total. The smallest absolute Gasteiger partial charge is 0.303 e. The molecule has 0 saturated carbocycles. The minimum atomic E-state index is -0.696. The van der Waals surface area contributed by atoms with Crippen molar-refractivity contribution in [2.45, 2.75) is 135 Å². The number of rotatable bonds is 23. The molecule has 0 aromatic rings. The molecule has 2 heteroatoms. The largest absolute Gasteiger partial charge is 0.481 e. The quantitative estimate of drug-likeness (QED) is 0.132. The molecule has 0 aromatic carbocycles. The number of carboxylic acid groups (broad SMARTS) is 1. The lowest BCUT2D eigenvalue weighted by Gasteiger charge is -2.02. The van der Waals surface area contributed by atoms with Crippen LogP contribution >= 0.6 is 0 Å². The third-order valence-electron chi connectivity index (χ3n) is 5.48. The Bertz CT molecular complexity index is 434. The average Bonchev–Trinajstić information content (AvgIpc) is 2.73. The predicted molar refractivity (Wildman–Crippen MR) is 133 cm³/mol. The van der Waals surface area contributed by atoms with Crippen LogP contribution in [-0.4, -0.2) is 11.1 Å². The van der Waals surface area contributed by atoms with Gasteiger partial charge in [-0.2, -0.15) is 0 Å². The topological polar surface area (TPSA) is 37.3 Å². The van der Waals surface area contributed by atoms with Crippen LogP contribution in [0, 0.1) is 0 Å². The summed E-state index contributed by atoms with van der Waals surface area (Å²) in [5.74, 6) is -0.696. The standard InChI is InChI=1S/C28H50O2/c1-2-3-4-5-6-7-8-9-10-11-12-13-14-15-16-17-18-19-20-21-22-23-24-25-26-27-28(29)30/h5-6,19-20,23-24H,2-4,7-18,21-22,25-27H2,1H3,(H,29,30). The van der Waals surface area contributed by atoms with Gasteiger partial charge in [0.25, 0.3) is 0 Å². The number of allylic oxidation sites excluding steroid dienone is 6. The second-order valence-electron chi connectivity index (χ2n) is 8.53. The van der Waals surface area contributed by atoms with E-state index in [9.17, 15) is 4.79 Å². The summed E-state index contributed by atoms with van der Waals surface area (Å²) in [4.78, 5) is 10.4. The van der Waals surface area contributed by atoms with E-state index in [1.807, 2.05) is 0 Å². The Morgan fingerprint density at radius 2 is 0.833 bits per heavy atom. The fraction of sp³-hybridized carbons (Fsp3) is 0.750. The Morgan fingerprint density at radius 3 is 1.23 bits per heavy atom.